The molecule has 0 radical (unpaired) electrons. The topological polar surface area (TPSA) is 66.6 Å². The van der Waals surface area contributed by atoms with Crippen LogP contribution in [0.25, 0.3) is 0 Å². The van der Waals surface area contributed by atoms with Crippen LogP contribution in [-0.2, 0) is 4.79 Å². The smallest absolute Gasteiger partial charge is 0.253 e. The Morgan fingerprint density at radius 2 is 1.70 bits per heavy atom. The van der Waals surface area contributed by atoms with E-state index < -0.39 is 5.54 Å². The standard InChI is InChI=1S/C17H25N3O2.ClH/c1-13-6-4-7-14(12-13)15(21)19-8-5-9-20(11-10-19)16(22)17(2,3)18;/h4,6-7,12H,5,8-11,18H2,1-3H3;1H. The van der Waals surface area contributed by atoms with E-state index in [0.717, 1.165) is 12.0 Å². The number of nitrogens with zero attached hydrogens (tertiary/aromatic N) is 2. The highest BCUT2D eigenvalue weighted by Gasteiger charge is 2.30. The monoisotopic (exact) mass is 339 g/mol. The van der Waals surface area contributed by atoms with Crippen molar-refractivity contribution in [3.8, 4) is 0 Å². The maximum Gasteiger partial charge on any atom is 0.253 e. The number of carbonyl (C=O) groups is 2. The number of aryl methyl sites for hydroxylation is 1. The number of hydrogen-bond donors (Lipinski definition) is 1. The molecule has 23 heavy (non-hydrogen) atoms. The summed E-state index contributed by atoms with van der Waals surface area (Å²) in [5.74, 6) is -0.0256. The third-order valence-corrected chi connectivity index (χ3v) is 3.89. The van der Waals surface area contributed by atoms with Gasteiger partial charge in [0.05, 0.1) is 5.54 Å². The molecule has 0 bridgehead atoms. The van der Waals surface area contributed by atoms with Gasteiger partial charge in [-0.15, -0.1) is 12.4 Å². The molecule has 1 aromatic carbocycles. The summed E-state index contributed by atoms with van der Waals surface area (Å²) in [6.07, 6.45) is 0.777. The van der Waals surface area contributed by atoms with Gasteiger partial charge in [0.1, 0.15) is 0 Å². The molecule has 1 aromatic rings. The lowest BCUT2D eigenvalue weighted by atomic mass is 10.1. The van der Waals surface area contributed by atoms with E-state index in [1.165, 1.54) is 0 Å². The van der Waals surface area contributed by atoms with E-state index in [1.807, 2.05) is 36.1 Å². The molecule has 2 amide bonds. The molecule has 1 heterocycles. The van der Waals surface area contributed by atoms with E-state index in [0.29, 0.717) is 31.7 Å². The molecule has 1 aliphatic heterocycles. The molecular weight excluding hydrogens is 314 g/mol. The minimum atomic E-state index is -0.865. The summed E-state index contributed by atoms with van der Waals surface area (Å²) in [5.41, 5.74) is 6.80. The molecule has 2 rings (SSSR count). The number of carbonyl (C=O) groups excluding carboxylic acids is 2. The highest BCUT2D eigenvalue weighted by molar-refractivity contribution is 5.94. The first-order chi connectivity index (χ1) is 10.3. The zero-order chi connectivity index (χ0) is 16.3. The molecule has 1 fully saturated rings. The van der Waals surface area contributed by atoms with Crippen LogP contribution in [0.4, 0.5) is 0 Å². The van der Waals surface area contributed by atoms with Gasteiger partial charge in [0.2, 0.25) is 5.91 Å². The SMILES string of the molecule is Cc1cccc(C(=O)N2CCCN(C(=O)C(C)(C)N)CC2)c1.Cl. The van der Waals surface area contributed by atoms with Crippen LogP contribution in [0, 0.1) is 6.92 Å². The summed E-state index contributed by atoms with van der Waals surface area (Å²) in [4.78, 5) is 28.4. The number of benzene rings is 1. The molecule has 0 aliphatic carbocycles. The molecule has 0 atom stereocenters. The van der Waals surface area contributed by atoms with Gasteiger partial charge in [0.25, 0.3) is 5.91 Å². The molecule has 6 heteroatoms. The number of amides is 2. The average molecular weight is 340 g/mol. The van der Waals surface area contributed by atoms with Crippen molar-refractivity contribution in [1.29, 1.82) is 0 Å². The van der Waals surface area contributed by atoms with Crippen LogP contribution >= 0.6 is 12.4 Å². The molecule has 0 spiro atoms. The van der Waals surface area contributed by atoms with Crippen molar-refractivity contribution in [2.24, 2.45) is 5.73 Å². The maximum atomic E-state index is 12.6. The van der Waals surface area contributed by atoms with Crippen molar-refractivity contribution >= 4 is 24.2 Å². The van der Waals surface area contributed by atoms with Crippen LogP contribution in [0.3, 0.4) is 0 Å². The Hall–Kier alpha value is -1.59. The first-order valence-corrected chi connectivity index (χ1v) is 7.73. The molecule has 2 N–H and O–H groups in total. The fourth-order valence-corrected chi connectivity index (χ4v) is 2.69. The summed E-state index contributed by atoms with van der Waals surface area (Å²) in [5, 5.41) is 0. The van der Waals surface area contributed by atoms with E-state index >= 15 is 0 Å². The molecule has 1 aliphatic rings. The van der Waals surface area contributed by atoms with Crippen molar-refractivity contribution < 1.29 is 9.59 Å². The molecule has 1 saturated heterocycles. The summed E-state index contributed by atoms with van der Waals surface area (Å²) in [7, 11) is 0. The quantitative estimate of drug-likeness (QED) is 0.893. The van der Waals surface area contributed by atoms with Gasteiger partial charge in [-0.05, 0) is 39.3 Å². The number of hydrogen-bond acceptors (Lipinski definition) is 3. The Kier molecular flexibility index (Phi) is 6.59. The van der Waals surface area contributed by atoms with Gasteiger partial charge in [-0.25, -0.2) is 0 Å². The van der Waals surface area contributed by atoms with E-state index in [9.17, 15) is 9.59 Å². The minimum absolute atomic E-state index is 0. The Morgan fingerprint density at radius 1 is 1.09 bits per heavy atom. The fraction of sp³-hybridized carbons (Fsp3) is 0.529. The van der Waals surface area contributed by atoms with Gasteiger partial charge in [-0.1, -0.05) is 17.7 Å². The predicted octanol–water partition coefficient (Wildman–Crippen LogP) is 1.83. The van der Waals surface area contributed by atoms with Crippen LogP contribution in [-0.4, -0.2) is 53.3 Å². The van der Waals surface area contributed by atoms with Gasteiger partial charge >= 0.3 is 0 Å². The summed E-state index contributed by atoms with van der Waals surface area (Å²) in [6.45, 7) is 7.82. The van der Waals surface area contributed by atoms with Crippen molar-refractivity contribution in [3.05, 3.63) is 35.4 Å². The lowest BCUT2D eigenvalue weighted by molar-refractivity contribution is -0.135. The maximum absolute atomic E-state index is 12.6. The van der Waals surface area contributed by atoms with Crippen molar-refractivity contribution in [2.75, 3.05) is 26.2 Å². The number of rotatable bonds is 2. The van der Waals surface area contributed by atoms with E-state index in [2.05, 4.69) is 0 Å². The fourth-order valence-electron chi connectivity index (χ4n) is 2.69. The second-order valence-electron chi connectivity index (χ2n) is 6.53. The second-order valence-corrected chi connectivity index (χ2v) is 6.53. The molecule has 0 aromatic heterocycles. The summed E-state index contributed by atoms with van der Waals surface area (Å²) >= 11 is 0. The van der Waals surface area contributed by atoms with Crippen molar-refractivity contribution in [1.82, 2.24) is 9.80 Å². The average Bonchev–Trinajstić information content (AvgIpc) is 2.70. The minimum Gasteiger partial charge on any atom is -0.339 e. The van der Waals surface area contributed by atoms with Crippen LogP contribution in [0.15, 0.2) is 24.3 Å². The van der Waals surface area contributed by atoms with Crippen LogP contribution in [0.1, 0.15) is 36.2 Å². The Balaban J connectivity index is 0.00000264. The van der Waals surface area contributed by atoms with E-state index in [4.69, 9.17) is 5.73 Å². The normalized spacial score (nSPS) is 15.7. The van der Waals surface area contributed by atoms with Crippen molar-refractivity contribution in [3.63, 3.8) is 0 Å². The molecular formula is C17H26ClN3O2. The molecule has 0 unspecified atom stereocenters. The van der Waals surface area contributed by atoms with E-state index in [-0.39, 0.29) is 24.2 Å². The molecule has 0 saturated carbocycles. The molecule has 5 nitrogen and oxygen atoms in total. The summed E-state index contributed by atoms with van der Waals surface area (Å²) in [6, 6.07) is 7.61. The Bertz CT molecular complexity index is 569. The van der Waals surface area contributed by atoms with Crippen molar-refractivity contribution in [2.45, 2.75) is 32.7 Å². The number of halogens is 1. The lowest BCUT2D eigenvalue weighted by Gasteiger charge is -2.28. The zero-order valence-corrected chi connectivity index (χ0v) is 14.9. The molecule has 128 valence electrons. The zero-order valence-electron chi connectivity index (χ0n) is 14.0. The first-order valence-electron chi connectivity index (χ1n) is 7.73. The first kappa shape index (κ1) is 19.5. The van der Waals surface area contributed by atoms with Crippen LogP contribution in [0.5, 0.6) is 0 Å². The predicted molar refractivity (Wildman–Crippen MR) is 93.8 cm³/mol. The Labute approximate surface area is 144 Å². The Morgan fingerprint density at radius 3 is 2.30 bits per heavy atom. The summed E-state index contributed by atoms with van der Waals surface area (Å²) < 4.78 is 0. The number of nitrogens with two attached hydrogens (primary N) is 1. The van der Waals surface area contributed by atoms with Gasteiger partial charge < -0.3 is 15.5 Å². The van der Waals surface area contributed by atoms with Crippen LogP contribution in [0.2, 0.25) is 0 Å². The largest absolute Gasteiger partial charge is 0.339 e. The second kappa shape index (κ2) is 7.79. The van der Waals surface area contributed by atoms with Gasteiger partial charge in [-0.2, -0.15) is 0 Å². The van der Waals surface area contributed by atoms with Crippen LogP contribution < -0.4 is 5.73 Å². The highest BCUT2D eigenvalue weighted by atomic mass is 35.5. The lowest BCUT2D eigenvalue weighted by Crippen LogP contribution is -2.52. The highest BCUT2D eigenvalue weighted by Crippen LogP contribution is 2.13. The third kappa shape index (κ3) is 4.94. The third-order valence-electron chi connectivity index (χ3n) is 3.89. The van der Waals surface area contributed by atoms with Gasteiger partial charge in [0.15, 0.2) is 0 Å². The van der Waals surface area contributed by atoms with Gasteiger partial charge in [0, 0.05) is 31.7 Å². The van der Waals surface area contributed by atoms with E-state index in [1.54, 1.807) is 18.7 Å². The van der Waals surface area contributed by atoms with Gasteiger partial charge in [-0.3, -0.25) is 9.59 Å².